The fourth-order valence-corrected chi connectivity index (χ4v) is 2.20. The van der Waals surface area contributed by atoms with Gasteiger partial charge in [0.05, 0.1) is 24.1 Å². The first-order chi connectivity index (χ1) is 14.7. The third kappa shape index (κ3) is 7.66. The first-order valence-electron chi connectivity index (χ1n) is 8.81. The van der Waals surface area contributed by atoms with Crippen LogP contribution in [0.3, 0.4) is 0 Å². The molecule has 0 spiro atoms. The number of nitrogens with one attached hydrogen (secondary N) is 2. The molecule has 0 fully saturated rings. The molecule has 0 unspecified atom stereocenters. The van der Waals surface area contributed by atoms with Crippen LogP contribution in [0.4, 0.5) is 18.9 Å². The van der Waals surface area contributed by atoms with E-state index < -0.39 is 42.7 Å². The second kappa shape index (κ2) is 11.0. The van der Waals surface area contributed by atoms with Crippen LogP contribution in [-0.2, 0) is 25.2 Å². The Morgan fingerprint density at radius 3 is 2.55 bits per heavy atom. The van der Waals surface area contributed by atoms with Gasteiger partial charge in [0, 0.05) is 7.11 Å². The molecule has 2 amide bonds. The third-order valence-corrected chi connectivity index (χ3v) is 3.63. The highest BCUT2D eigenvalue weighted by atomic mass is 19.4. The summed E-state index contributed by atoms with van der Waals surface area (Å²) in [6.45, 7) is -1.12. The Bertz CT molecular complexity index is 898. The van der Waals surface area contributed by atoms with Gasteiger partial charge < -0.3 is 29.3 Å². The predicted molar refractivity (Wildman–Crippen MR) is 99.4 cm³/mol. The number of esters is 1. The SMILES string of the molecule is COCCOc1ccc(C(F)(F)F)cc1NC(=O)COC(=O)CNC(=O)c1ccco1. The summed E-state index contributed by atoms with van der Waals surface area (Å²) in [6, 6.07) is 5.43. The average Bonchev–Trinajstić information content (AvgIpc) is 3.26. The molecule has 0 atom stereocenters. The summed E-state index contributed by atoms with van der Waals surface area (Å²) in [5.41, 5.74) is -1.25. The zero-order chi connectivity index (χ0) is 22.9. The number of ether oxygens (including phenoxy) is 3. The number of carbonyl (C=O) groups is 3. The number of amides is 2. The number of halogens is 3. The first kappa shape index (κ1) is 23.7. The fourth-order valence-electron chi connectivity index (χ4n) is 2.20. The predicted octanol–water partition coefficient (Wildman–Crippen LogP) is 2.24. The van der Waals surface area contributed by atoms with Crippen LogP contribution in [0.25, 0.3) is 0 Å². The first-order valence-corrected chi connectivity index (χ1v) is 8.81. The van der Waals surface area contributed by atoms with Crippen molar-refractivity contribution in [3.05, 3.63) is 47.9 Å². The molecule has 0 aliphatic heterocycles. The maximum atomic E-state index is 13.0. The fraction of sp³-hybridized carbons (Fsp3) is 0.316. The van der Waals surface area contributed by atoms with E-state index in [4.69, 9.17) is 18.6 Å². The standard InChI is InChI=1S/C19H19F3N2O7/c1-28-7-8-30-14-5-4-12(19(20,21)22)9-13(14)24-16(25)11-31-17(26)10-23-18(27)15-3-2-6-29-15/h2-6,9H,7-8,10-11H2,1H3,(H,23,27)(H,24,25). The minimum absolute atomic E-state index is 0.0175. The van der Waals surface area contributed by atoms with E-state index in [0.717, 1.165) is 12.1 Å². The molecule has 0 saturated carbocycles. The Labute approximate surface area is 174 Å². The highest BCUT2D eigenvalue weighted by molar-refractivity contribution is 5.95. The van der Waals surface area contributed by atoms with E-state index in [1.165, 1.54) is 25.5 Å². The van der Waals surface area contributed by atoms with Gasteiger partial charge in [0.25, 0.3) is 11.8 Å². The van der Waals surface area contributed by atoms with Gasteiger partial charge in [-0.05, 0) is 30.3 Å². The third-order valence-electron chi connectivity index (χ3n) is 3.63. The molecule has 0 aliphatic rings. The van der Waals surface area contributed by atoms with E-state index in [1.807, 2.05) is 0 Å². The van der Waals surface area contributed by atoms with Crippen LogP contribution >= 0.6 is 0 Å². The van der Waals surface area contributed by atoms with Crippen LogP contribution in [0.15, 0.2) is 41.0 Å². The lowest BCUT2D eigenvalue weighted by atomic mass is 10.1. The van der Waals surface area contributed by atoms with Gasteiger partial charge >= 0.3 is 12.1 Å². The summed E-state index contributed by atoms with van der Waals surface area (Å²) in [6.07, 6.45) is -3.36. The molecule has 31 heavy (non-hydrogen) atoms. The number of hydrogen-bond acceptors (Lipinski definition) is 7. The van der Waals surface area contributed by atoms with Crippen molar-refractivity contribution in [2.24, 2.45) is 0 Å². The van der Waals surface area contributed by atoms with Crippen molar-refractivity contribution >= 4 is 23.5 Å². The maximum absolute atomic E-state index is 13.0. The molecule has 0 bridgehead atoms. The molecule has 12 heteroatoms. The molecule has 1 heterocycles. The molecule has 2 rings (SSSR count). The topological polar surface area (TPSA) is 116 Å². The summed E-state index contributed by atoms with van der Waals surface area (Å²) in [4.78, 5) is 35.3. The number of rotatable bonds is 10. The van der Waals surface area contributed by atoms with E-state index in [2.05, 4.69) is 10.6 Å². The Morgan fingerprint density at radius 2 is 1.90 bits per heavy atom. The number of carbonyl (C=O) groups excluding carboxylic acids is 3. The lowest BCUT2D eigenvalue weighted by Crippen LogP contribution is -2.32. The van der Waals surface area contributed by atoms with E-state index in [1.54, 1.807) is 0 Å². The van der Waals surface area contributed by atoms with Crippen molar-refractivity contribution in [1.82, 2.24) is 5.32 Å². The Morgan fingerprint density at radius 1 is 1.13 bits per heavy atom. The summed E-state index contributed by atoms with van der Waals surface area (Å²) in [7, 11) is 1.42. The van der Waals surface area contributed by atoms with Crippen LogP contribution < -0.4 is 15.4 Å². The summed E-state index contributed by atoms with van der Waals surface area (Å²) in [5, 5.41) is 4.43. The Hall–Kier alpha value is -3.54. The summed E-state index contributed by atoms with van der Waals surface area (Å²) in [5.74, 6) is -2.53. The van der Waals surface area contributed by atoms with Gasteiger partial charge in [0.1, 0.15) is 18.9 Å². The summed E-state index contributed by atoms with van der Waals surface area (Å²) < 4.78 is 58.5. The van der Waals surface area contributed by atoms with E-state index in [0.29, 0.717) is 6.07 Å². The van der Waals surface area contributed by atoms with Gasteiger partial charge in [0.15, 0.2) is 12.4 Å². The zero-order valence-corrected chi connectivity index (χ0v) is 16.3. The number of hydrogen-bond donors (Lipinski definition) is 2. The van der Waals surface area contributed by atoms with Gasteiger partial charge in [-0.25, -0.2) is 0 Å². The zero-order valence-electron chi connectivity index (χ0n) is 16.3. The quantitative estimate of drug-likeness (QED) is 0.427. The van der Waals surface area contributed by atoms with Crippen LogP contribution in [0.1, 0.15) is 16.1 Å². The van der Waals surface area contributed by atoms with Gasteiger partial charge in [0.2, 0.25) is 0 Å². The van der Waals surface area contributed by atoms with E-state index >= 15 is 0 Å². The van der Waals surface area contributed by atoms with E-state index in [9.17, 15) is 27.6 Å². The van der Waals surface area contributed by atoms with Crippen molar-refractivity contribution in [3.8, 4) is 5.75 Å². The molecule has 0 saturated heterocycles. The maximum Gasteiger partial charge on any atom is 0.416 e. The highest BCUT2D eigenvalue weighted by Crippen LogP contribution is 2.35. The molecule has 9 nitrogen and oxygen atoms in total. The van der Waals surface area contributed by atoms with E-state index in [-0.39, 0.29) is 30.4 Å². The molecule has 0 radical (unpaired) electrons. The number of benzene rings is 1. The number of alkyl halides is 3. The number of furan rings is 1. The smallest absolute Gasteiger partial charge is 0.416 e. The minimum Gasteiger partial charge on any atom is -0.489 e. The van der Waals surface area contributed by atoms with Crippen molar-refractivity contribution in [1.29, 1.82) is 0 Å². The van der Waals surface area contributed by atoms with Gasteiger partial charge in [-0.15, -0.1) is 0 Å². The lowest BCUT2D eigenvalue weighted by molar-refractivity contribution is -0.146. The van der Waals surface area contributed by atoms with Gasteiger partial charge in [-0.3, -0.25) is 14.4 Å². The Balaban J connectivity index is 1.91. The van der Waals surface area contributed by atoms with Gasteiger partial charge in [-0.1, -0.05) is 0 Å². The monoisotopic (exact) mass is 444 g/mol. The second-order valence-electron chi connectivity index (χ2n) is 5.92. The summed E-state index contributed by atoms with van der Waals surface area (Å²) >= 11 is 0. The molecular weight excluding hydrogens is 425 g/mol. The number of methoxy groups -OCH3 is 1. The molecule has 168 valence electrons. The number of anilines is 1. The van der Waals surface area contributed by atoms with Crippen LogP contribution in [0, 0.1) is 0 Å². The molecule has 0 aliphatic carbocycles. The second-order valence-corrected chi connectivity index (χ2v) is 5.92. The Kier molecular flexibility index (Phi) is 8.43. The molecule has 1 aromatic heterocycles. The molecular formula is C19H19F3N2O7. The largest absolute Gasteiger partial charge is 0.489 e. The van der Waals surface area contributed by atoms with Crippen molar-refractivity contribution in [2.75, 3.05) is 38.8 Å². The van der Waals surface area contributed by atoms with Crippen molar-refractivity contribution in [3.63, 3.8) is 0 Å². The average molecular weight is 444 g/mol. The molecule has 2 N–H and O–H groups in total. The normalized spacial score (nSPS) is 11.0. The van der Waals surface area contributed by atoms with Gasteiger partial charge in [-0.2, -0.15) is 13.2 Å². The van der Waals surface area contributed by atoms with Crippen LogP contribution in [0.5, 0.6) is 5.75 Å². The molecule has 1 aromatic carbocycles. The minimum atomic E-state index is -4.64. The highest BCUT2D eigenvalue weighted by Gasteiger charge is 2.31. The van der Waals surface area contributed by atoms with Crippen LogP contribution in [0.2, 0.25) is 0 Å². The van der Waals surface area contributed by atoms with Crippen LogP contribution in [-0.4, -0.2) is 51.3 Å². The van der Waals surface area contributed by atoms with Crippen molar-refractivity contribution in [2.45, 2.75) is 6.18 Å². The molecule has 2 aromatic rings. The van der Waals surface area contributed by atoms with Crippen molar-refractivity contribution < 1.29 is 46.2 Å². The lowest BCUT2D eigenvalue weighted by Gasteiger charge is -2.15.